The van der Waals surface area contributed by atoms with E-state index in [1.165, 1.54) is 0 Å². The molecule has 136 valence electrons. The Hall–Kier alpha value is -2.08. The van der Waals surface area contributed by atoms with E-state index in [1.807, 2.05) is 30.0 Å². The van der Waals surface area contributed by atoms with Crippen molar-refractivity contribution in [1.82, 2.24) is 4.90 Å². The first-order valence-electron chi connectivity index (χ1n) is 8.90. The summed E-state index contributed by atoms with van der Waals surface area (Å²) in [6.07, 6.45) is 1.20. The maximum absolute atomic E-state index is 12.9. The predicted molar refractivity (Wildman–Crippen MR) is 96.5 cm³/mol. The topological polar surface area (TPSA) is 75.9 Å². The van der Waals surface area contributed by atoms with Crippen LogP contribution in [0.25, 0.3) is 0 Å². The standard InChI is InChI=1S/C19H27N3O3/c1-12-4-5-17(25-3)16(6-12)22-11-15(8-18(22)23)19(24)21-10-14(9-20)7-13(21)2/h4-6,13-15H,7-11,20H2,1-3H3. The van der Waals surface area contributed by atoms with E-state index in [9.17, 15) is 9.59 Å². The SMILES string of the molecule is COc1ccc(C)cc1N1CC(C(=O)N2CC(CN)CC2C)CC1=O. The molecule has 2 aliphatic rings. The van der Waals surface area contributed by atoms with E-state index in [1.54, 1.807) is 12.0 Å². The molecule has 25 heavy (non-hydrogen) atoms. The summed E-state index contributed by atoms with van der Waals surface area (Å²) in [5, 5.41) is 0. The van der Waals surface area contributed by atoms with Gasteiger partial charge >= 0.3 is 0 Å². The predicted octanol–water partition coefficient (Wildman–Crippen LogP) is 1.55. The lowest BCUT2D eigenvalue weighted by atomic mass is 10.1. The summed E-state index contributed by atoms with van der Waals surface area (Å²) >= 11 is 0. The van der Waals surface area contributed by atoms with E-state index >= 15 is 0 Å². The van der Waals surface area contributed by atoms with Crippen LogP contribution in [0.5, 0.6) is 5.75 Å². The molecule has 0 spiro atoms. The zero-order valence-corrected chi connectivity index (χ0v) is 15.2. The fourth-order valence-electron chi connectivity index (χ4n) is 3.97. The van der Waals surface area contributed by atoms with Gasteiger partial charge in [-0.3, -0.25) is 9.59 Å². The first kappa shape index (κ1) is 17.7. The van der Waals surface area contributed by atoms with Crippen LogP contribution in [0.3, 0.4) is 0 Å². The molecule has 2 heterocycles. The Morgan fingerprint density at radius 2 is 2.12 bits per heavy atom. The van der Waals surface area contributed by atoms with E-state index in [0.717, 1.165) is 17.7 Å². The number of amides is 2. The van der Waals surface area contributed by atoms with Gasteiger partial charge in [0.2, 0.25) is 11.8 Å². The van der Waals surface area contributed by atoms with Crippen molar-refractivity contribution in [3.05, 3.63) is 23.8 Å². The maximum Gasteiger partial charge on any atom is 0.228 e. The highest BCUT2D eigenvalue weighted by molar-refractivity contribution is 6.01. The summed E-state index contributed by atoms with van der Waals surface area (Å²) in [4.78, 5) is 29.1. The van der Waals surface area contributed by atoms with Crippen LogP contribution in [-0.2, 0) is 9.59 Å². The highest BCUT2D eigenvalue weighted by Crippen LogP contribution is 2.35. The van der Waals surface area contributed by atoms with Crippen LogP contribution < -0.4 is 15.4 Å². The molecule has 1 aromatic carbocycles. The summed E-state index contributed by atoms with van der Waals surface area (Å²) in [6.45, 7) is 5.75. The lowest BCUT2D eigenvalue weighted by Crippen LogP contribution is -2.40. The number of hydrogen-bond acceptors (Lipinski definition) is 4. The van der Waals surface area contributed by atoms with Gasteiger partial charge in [-0.1, -0.05) is 6.07 Å². The zero-order chi connectivity index (χ0) is 18.1. The third kappa shape index (κ3) is 3.35. The van der Waals surface area contributed by atoms with Crippen LogP contribution in [-0.4, -0.2) is 49.5 Å². The van der Waals surface area contributed by atoms with E-state index in [-0.39, 0.29) is 30.2 Å². The number of likely N-dealkylation sites (tertiary alicyclic amines) is 1. The van der Waals surface area contributed by atoms with E-state index in [4.69, 9.17) is 10.5 Å². The molecule has 2 N–H and O–H groups in total. The Morgan fingerprint density at radius 1 is 1.36 bits per heavy atom. The second kappa shape index (κ2) is 7.04. The molecule has 3 atom stereocenters. The largest absolute Gasteiger partial charge is 0.495 e. The van der Waals surface area contributed by atoms with Crippen LogP contribution in [0, 0.1) is 18.8 Å². The fraction of sp³-hybridized carbons (Fsp3) is 0.579. The monoisotopic (exact) mass is 345 g/mol. The highest BCUT2D eigenvalue weighted by atomic mass is 16.5. The second-order valence-corrected chi connectivity index (χ2v) is 7.26. The Balaban J connectivity index is 1.77. The summed E-state index contributed by atoms with van der Waals surface area (Å²) in [6, 6.07) is 5.94. The molecule has 3 rings (SSSR count). The molecule has 0 aromatic heterocycles. The van der Waals surface area contributed by atoms with Gasteiger partial charge in [0.25, 0.3) is 0 Å². The highest BCUT2D eigenvalue weighted by Gasteiger charge is 2.41. The summed E-state index contributed by atoms with van der Waals surface area (Å²) in [5.74, 6) is 0.779. The number of hydrogen-bond donors (Lipinski definition) is 1. The molecule has 0 aliphatic carbocycles. The van der Waals surface area contributed by atoms with Gasteiger partial charge in [0, 0.05) is 25.6 Å². The Morgan fingerprint density at radius 3 is 2.76 bits per heavy atom. The summed E-state index contributed by atoms with van der Waals surface area (Å²) in [5.41, 5.74) is 7.56. The number of nitrogens with two attached hydrogens (primary N) is 1. The van der Waals surface area contributed by atoms with Crippen molar-refractivity contribution in [3.63, 3.8) is 0 Å². The molecular weight excluding hydrogens is 318 g/mol. The molecule has 0 radical (unpaired) electrons. The maximum atomic E-state index is 12.9. The third-order valence-corrected chi connectivity index (χ3v) is 5.38. The summed E-state index contributed by atoms with van der Waals surface area (Å²) < 4.78 is 5.40. The van der Waals surface area contributed by atoms with Crippen molar-refractivity contribution in [2.24, 2.45) is 17.6 Å². The lowest BCUT2D eigenvalue weighted by Gasteiger charge is -2.25. The molecule has 0 bridgehead atoms. The number of rotatable bonds is 4. The smallest absolute Gasteiger partial charge is 0.228 e. The minimum atomic E-state index is -0.295. The van der Waals surface area contributed by atoms with Gasteiger partial charge in [-0.2, -0.15) is 0 Å². The number of methoxy groups -OCH3 is 1. The number of aryl methyl sites for hydroxylation is 1. The van der Waals surface area contributed by atoms with Gasteiger partial charge in [0.1, 0.15) is 5.75 Å². The third-order valence-electron chi connectivity index (χ3n) is 5.38. The minimum Gasteiger partial charge on any atom is -0.495 e. The number of carbonyl (C=O) groups is 2. The van der Waals surface area contributed by atoms with Gasteiger partial charge in [-0.05, 0) is 50.4 Å². The summed E-state index contributed by atoms with van der Waals surface area (Å²) in [7, 11) is 1.59. The molecule has 0 saturated carbocycles. The number of carbonyl (C=O) groups excluding carboxylic acids is 2. The second-order valence-electron chi connectivity index (χ2n) is 7.26. The van der Waals surface area contributed by atoms with Gasteiger partial charge in [0.05, 0.1) is 18.7 Å². The molecular formula is C19H27N3O3. The van der Waals surface area contributed by atoms with Crippen LogP contribution in [0.1, 0.15) is 25.3 Å². The number of benzene rings is 1. The molecule has 2 aliphatic heterocycles. The minimum absolute atomic E-state index is 0.0236. The van der Waals surface area contributed by atoms with Gasteiger partial charge < -0.3 is 20.3 Å². The molecule has 2 amide bonds. The van der Waals surface area contributed by atoms with Crippen LogP contribution in [0.2, 0.25) is 0 Å². The van der Waals surface area contributed by atoms with Crippen molar-refractivity contribution in [2.75, 3.05) is 31.6 Å². The molecule has 2 fully saturated rings. The van der Waals surface area contributed by atoms with Crippen molar-refractivity contribution in [1.29, 1.82) is 0 Å². The van der Waals surface area contributed by atoms with Crippen molar-refractivity contribution >= 4 is 17.5 Å². The van der Waals surface area contributed by atoms with Gasteiger partial charge in [-0.25, -0.2) is 0 Å². The van der Waals surface area contributed by atoms with Crippen LogP contribution in [0.15, 0.2) is 18.2 Å². The average Bonchev–Trinajstić information content (AvgIpc) is 3.17. The van der Waals surface area contributed by atoms with E-state index in [0.29, 0.717) is 31.3 Å². The Bertz CT molecular complexity index is 676. The quantitative estimate of drug-likeness (QED) is 0.898. The lowest BCUT2D eigenvalue weighted by molar-refractivity contribution is -0.136. The van der Waals surface area contributed by atoms with Crippen LogP contribution >= 0.6 is 0 Å². The fourth-order valence-corrected chi connectivity index (χ4v) is 3.97. The molecule has 3 unspecified atom stereocenters. The molecule has 6 nitrogen and oxygen atoms in total. The first-order chi connectivity index (χ1) is 11.9. The normalized spacial score (nSPS) is 26.4. The van der Waals surface area contributed by atoms with Gasteiger partial charge in [0.15, 0.2) is 0 Å². The van der Waals surface area contributed by atoms with Crippen LogP contribution in [0.4, 0.5) is 5.69 Å². The number of nitrogens with zero attached hydrogens (tertiary/aromatic N) is 2. The van der Waals surface area contributed by atoms with E-state index in [2.05, 4.69) is 6.92 Å². The molecule has 1 aromatic rings. The molecule has 2 saturated heterocycles. The van der Waals surface area contributed by atoms with Crippen molar-refractivity contribution in [3.8, 4) is 5.75 Å². The zero-order valence-electron chi connectivity index (χ0n) is 15.2. The molecule has 6 heteroatoms. The first-order valence-corrected chi connectivity index (χ1v) is 8.90. The van der Waals surface area contributed by atoms with Gasteiger partial charge in [-0.15, -0.1) is 0 Å². The Labute approximate surface area is 148 Å². The number of anilines is 1. The average molecular weight is 345 g/mol. The van der Waals surface area contributed by atoms with Crippen molar-refractivity contribution < 1.29 is 14.3 Å². The van der Waals surface area contributed by atoms with E-state index < -0.39 is 0 Å². The number of ether oxygens (including phenoxy) is 1. The Kier molecular flexibility index (Phi) is 4.99. The van der Waals surface area contributed by atoms with Crippen molar-refractivity contribution in [2.45, 2.75) is 32.7 Å².